The lowest BCUT2D eigenvalue weighted by molar-refractivity contribution is 0.378. The van der Waals surface area contributed by atoms with Gasteiger partial charge in [0.2, 0.25) is 0 Å². The first-order chi connectivity index (χ1) is 8.65. The highest BCUT2D eigenvalue weighted by Crippen LogP contribution is 2.22. The third-order valence-electron chi connectivity index (χ3n) is 3.69. The number of aromatic amines is 1. The number of aromatic nitrogens is 2. The van der Waals surface area contributed by atoms with Gasteiger partial charge in [-0.15, -0.1) is 0 Å². The summed E-state index contributed by atoms with van der Waals surface area (Å²) in [6.07, 6.45) is 1.15. The number of rotatable bonds is 2. The van der Waals surface area contributed by atoms with Crippen LogP contribution in [0, 0.1) is 5.92 Å². The summed E-state index contributed by atoms with van der Waals surface area (Å²) in [6.45, 7) is 2.94. The molecule has 1 saturated heterocycles. The lowest BCUT2D eigenvalue weighted by atomic mass is 10.1. The maximum absolute atomic E-state index is 12.0. The predicted molar refractivity (Wildman–Crippen MR) is 73.2 cm³/mol. The van der Waals surface area contributed by atoms with Crippen molar-refractivity contribution in [1.29, 1.82) is 0 Å². The predicted octanol–water partition coefficient (Wildman–Crippen LogP) is 1.93. The Hall–Kier alpha value is -1.26. The Labute approximate surface area is 110 Å². The van der Waals surface area contributed by atoms with Gasteiger partial charge in [0.05, 0.1) is 16.1 Å². The molecule has 18 heavy (non-hydrogen) atoms. The number of imidazole rings is 1. The van der Waals surface area contributed by atoms with Crippen molar-refractivity contribution >= 4 is 22.6 Å². The van der Waals surface area contributed by atoms with Gasteiger partial charge in [0.1, 0.15) is 0 Å². The van der Waals surface area contributed by atoms with Crippen LogP contribution in [-0.4, -0.2) is 34.6 Å². The highest BCUT2D eigenvalue weighted by Gasteiger charge is 2.21. The van der Waals surface area contributed by atoms with Crippen LogP contribution in [0.5, 0.6) is 0 Å². The van der Waals surface area contributed by atoms with Crippen LogP contribution in [0.1, 0.15) is 6.42 Å². The van der Waals surface area contributed by atoms with E-state index in [2.05, 4.69) is 16.9 Å². The highest BCUT2D eigenvalue weighted by atomic mass is 35.5. The molecule has 0 aliphatic carbocycles. The number of hydrogen-bond donors (Lipinski definition) is 1. The number of nitrogens with one attached hydrogen (secondary N) is 1. The zero-order valence-corrected chi connectivity index (χ0v) is 11.1. The fourth-order valence-corrected chi connectivity index (χ4v) is 2.98. The van der Waals surface area contributed by atoms with Gasteiger partial charge in [0.15, 0.2) is 0 Å². The summed E-state index contributed by atoms with van der Waals surface area (Å²) in [4.78, 5) is 17.1. The molecule has 1 N–H and O–H groups in total. The Morgan fingerprint density at radius 1 is 1.50 bits per heavy atom. The van der Waals surface area contributed by atoms with Gasteiger partial charge in [0.25, 0.3) is 0 Å². The molecule has 1 unspecified atom stereocenters. The molecule has 0 bridgehead atoms. The Balaban J connectivity index is 1.99. The second-order valence-corrected chi connectivity index (χ2v) is 5.50. The number of halogens is 1. The number of benzene rings is 1. The number of nitrogens with zero attached hydrogens (tertiary/aromatic N) is 2. The van der Waals surface area contributed by atoms with E-state index in [1.54, 1.807) is 6.07 Å². The molecule has 3 rings (SSSR count). The number of para-hydroxylation sites is 1. The van der Waals surface area contributed by atoms with Gasteiger partial charge in [-0.05, 0) is 38.1 Å². The Morgan fingerprint density at radius 3 is 3.06 bits per heavy atom. The summed E-state index contributed by atoms with van der Waals surface area (Å²) < 4.78 is 1.81. The number of fused-ring (bicyclic) bond motifs is 1. The second kappa shape index (κ2) is 4.44. The van der Waals surface area contributed by atoms with E-state index in [-0.39, 0.29) is 5.69 Å². The first-order valence-electron chi connectivity index (χ1n) is 6.20. The van der Waals surface area contributed by atoms with Crippen LogP contribution in [0.4, 0.5) is 0 Å². The SMILES string of the molecule is CN1CCC(Cn2c(=O)[nH]c3c(Cl)cccc32)C1. The van der Waals surface area contributed by atoms with Gasteiger partial charge < -0.3 is 9.88 Å². The lowest BCUT2D eigenvalue weighted by Gasteiger charge is -2.11. The van der Waals surface area contributed by atoms with E-state index in [0.29, 0.717) is 10.9 Å². The summed E-state index contributed by atoms with van der Waals surface area (Å²) in [5.41, 5.74) is 1.59. The van der Waals surface area contributed by atoms with Gasteiger partial charge in [0, 0.05) is 13.1 Å². The normalized spacial score (nSPS) is 20.9. The quantitative estimate of drug-likeness (QED) is 0.902. The third-order valence-corrected chi connectivity index (χ3v) is 4.00. The molecule has 0 saturated carbocycles. The van der Waals surface area contributed by atoms with E-state index in [1.807, 2.05) is 16.7 Å². The third kappa shape index (κ3) is 1.95. The molecular formula is C13H16ClN3O. The molecule has 1 aromatic heterocycles. The smallest absolute Gasteiger partial charge is 0.306 e. The van der Waals surface area contributed by atoms with Crippen molar-refractivity contribution in [2.24, 2.45) is 5.92 Å². The standard InChI is InChI=1S/C13H16ClN3O/c1-16-6-5-9(7-16)8-17-11-4-2-3-10(14)12(11)15-13(17)18/h2-4,9H,5-8H2,1H3,(H,15,18). The van der Waals surface area contributed by atoms with Crippen molar-refractivity contribution in [3.8, 4) is 0 Å². The lowest BCUT2D eigenvalue weighted by Crippen LogP contribution is -2.23. The first-order valence-corrected chi connectivity index (χ1v) is 6.58. The van der Waals surface area contributed by atoms with Gasteiger partial charge >= 0.3 is 5.69 Å². The molecule has 0 spiro atoms. The minimum absolute atomic E-state index is 0.0624. The molecule has 1 aliphatic rings. The van der Waals surface area contributed by atoms with E-state index in [0.717, 1.165) is 37.1 Å². The van der Waals surface area contributed by atoms with E-state index >= 15 is 0 Å². The fraction of sp³-hybridized carbons (Fsp3) is 0.462. The van der Waals surface area contributed by atoms with Crippen molar-refractivity contribution in [2.45, 2.75) is 13.0 Å². The van der Waals surface area contributed by atoms with E-state index in [9.17, 15) is 4.79 Å². The molecular weight excluding hydrogens is 250 g/mol. The van der Waals surface area contributed by atoms with Crippen molar-refractivity contribution in [3.63, 3.8) is 0 Å². The highest BCUT2D eigenvalue weighted by molar-refractivity contribution is 6.34. The van der Waals surface area contributed by atoms with Crippen LogP contribution < -0.4 is 5.69 Å². The summed E-state index contributed by atoms with van der Waals surface area (Å²) in [7, 11) is 2.12. The monoisotopic (exact) mass is 265 g/mol. The topological polar surface area (TPSA) is 41.0 Å². The molecule has 1 atom stereocenters. The van der Waals surface area contributed by atoms with Crippen LogP contribution in [-0.2, 0) is 6.54 Å². The zero-order valence-electron chi connectivity index (χ0n) is 10.3. The Morgan fingerprint density at radius 2 is 2.33 bits per heavy atom. The number of hydrogen-bond acceptors (Lipinski definition) is 2. The average molecular weight is 266 g/mol. The molecule has 1 fully saturated rings. The minimum atomic E-state index is -0.0624. The van der Waals surface area contributed by atoms with Crippen molar-refractivity contribution < 1.29 is 0 Å². The van der Waals surface area contributed by atoms with Crippen LogP contribution in [0.2, 0.25) is 5.02 Å². The van der Waals surface area contributed by atoms with E-state index in [4.69, 9.17) is 11.6 Å². The molecule has 2 aromatic rings. The zero-order chi connectivity index (χ0) is 12.7. The van der Waals surface area contributed by atoms with Gasteiger partial charge in [-0.2, -0.15) is 0 Å². The second-order valence-electron chi connectivity index (χ2n) is 5.09. The Bertz CT molecular complexity index is 631. The summed E-state index contributed by atoms with van der Waals surface area (Å²) in [5.74, 6) is 0.547. The molecule has 2 heterocycles. The van der Waals surface area contributed by atoms with Gasteiger partial charge in [-0.1, -0.05) is 17.7 Å². The van der Waals surface area contributed by atoms with Gasteiger partial charge in [-0.3, -0.25) is 4.57 Å². The minimum Gasteiger partial charge on any atom is -0.306 e. The van der Waals surface area contributed by atoms with Crippen molar-refractivity contribution in [1.82, 2.24) is 14.5 Å². The van der Waals surface area contributed by atoms with Crippen LogP contribution in [0.3, 0.4) is 0 Å². The maximum Gasteiger partial charge on any atom is 0.326 e. The summed E-state index contributed by atoms with van der Waals surface area (Å²) in [6, 6.07) is 5.63. The molecule has 5 heteroatoms. The maximum atomic E-state index is 12.0. The summed E-state index contributed by atoms with van der Waals surface area (Å²) >= 11 is 6.09. The van der Waals surface area contributed by atoms with Crippen molar-refractivity contribution in [2.75, 3.05) is 20.1 Å². The summed E-state index contributed by atoms with van der Waals surface area (Å²) in [5, 5.41) is 0.604. The molecule has 96 valence electrons. The van der Waals surface area contributed by atoms with Gasteiger partial charge in [-0.25, -0.2) is 4.79 Å². The molecule has 1 aromatic carbocycles. The molecule has 0 radical (unpaired) electrons. The average Bonchev–Trinajstić information content (AvgIpc) is 2.87. The van der Waals surface area contributed by atoms with E-state index < -0.39 is 0 Å². The number of H-pyrrole nitrogens is 1. The number of likely N-dealkylation sites (tertiary alicyclic amines) is 1. The first kappa shape index (κ1) is 11.8. The molecule has 0 amide bonds. The van der Waals surface area contributed by atoms with Crippen molar-refractivity contribution in [3.05, 3.63) is 33.7 Å². The van der Waals surface area contributed by atoms with E-state index in [1.165, 1.54) is 0 Å². The van der Waals surface area contributed by atoms with Crippen LogP contribution in [0.25, 0.3) is 11.0 Å². The fourth-order valence-electron chi connectivity index (χ4n) is 2.76. The molecule has 4 nitrogen and oxygen atoms in total. The molecule has 1 aliphatic heterocycles. The Kier molecular flexibility index (Phi) is 2.92. The van der Waals surface area contributed by atoms with Crippen LogP contribution >= 0.6 is 11.6 Å². The largest absolute Gasteiger partial charge is 0.326 e. The van der Waals surface area contributed by atoms with Crippen LogP contribution in [0.15, 0.2) is 23.0 Å².